The Morgan fingerprint density at radius 3 is 2.76 bits per heavy atom. The maximum Gasteiger partial charge on any atom is 0.170 e. The van der Waals surface area contributed by atoms with Gasteiger partial charge >= 0.3 is 0 Å². The smallest absolute Gasteiger partial charge is 0.170 e. The summed E-state index contributed by atoms with van der Waals surface area (Å²) in [6.45, 7) is 5.77. The molecule has 21 heavy (non-hydrogen) atoms. The first-order valence-corrected chi connectivity index (χ1v) is 7.59. The van der Waals surface area contributed by atoms with Gasteiger partial charge in [0.2, 0.25) is 0 Å². The standard InChI is InChI=1S/C16H26FN3O/c1-3-5-6-12(4-2)10-19-11-14-8-7-13(9-15(14)17)16(18)20-21/h7-9,12,19,21H,3-6,10-11H2,1-2H3,(H2,18,20). The third kappa shape index (κ3) is 5.71. The van der Waals surface area contributed by atoms with E-state index in [1.807, 2.05) is 0 Å². The molecule has 0 amide bonds. The van der Waals surface area contributed by atoms with E-state index in [1.165, 1.54) is 25.3 Å². The third-order valence-electron chi connectivity index (χ3n) is 3.75. The lowest BCUT2D eigenvalue weighted by atomic mass is 9.99. The second kappa shape index (κ2) is 9.34. The predicted molar refractivity (Wildman–Crippen MR) is 83.9 cm³/mol. The summed E-state index contributed by atoms with van der Waals surface area (Å²) in [7, 11) is 0. The lowest BCUT2D eigenvalue weighted by Gasteiger charge is -2.15. The van der Waals surface area contributed by atoms with Gasteiger partial charge in [0.15, 0.2) is 5.84 Å². The Morgan fingerprint density at radius 2 is 2.19 bits per heavy atom. The van der Waals surface area contributed by atoms with Crippen LogP contribution < -0.4 is 11.1 Å². The summed E-state index contributed by atoms with van der Waals surface area (Å²) in [4.78, 5) is 0. The van der Waals surface area contributed by atoms with Crippen molar-refractivity contribution in [1.29, 1.82) is 0 Å². The maximum atomic E-state index is 13.9. The lowest BCUT2D eigenvalue weighted by Crippen LogP contribution is -2.23. The topological polar surface area (TPSA) is 70.6 Å². The van der Waals surface area contributed by atoms with Gasteiger partial charge in [0.25, 0.3) is 0 Å². The molecule has 1 aromatic rings. The van der Waals surface area contributed by atoms with Crippen molar-refractivity contribution >= 4 is 5.84 Å². The molecular weight excluding hydrogens is 269 g/mol. The van der Waals surface area contributed by atoms with E-state index in [2.05, 4.69) is 24.3 Å². The number of halogens is 1. The fourth-order valence-corrected chi connectivity index (χ4v) is 2.26. The molecular formula is C16H26FN3O. The van der Waals surface area contributed by atoms with Crippen LogP contribution in [0.5, 0.6) is 0 Å². The van der Waals surface area contributed by atoms with E-state index in [1.54, 1.807) is 12.1 Å². The van der Waals surface area contributed by atoms with Gasteiger partial charge in [0, 0.05) is 17.7 Å². The van der Waals surface area contributed by atoms with Crippen molar-refractivity contribution in [2.24, 2.45) is 16.8 Å². The molecule has 0 saturated carbocycles. The number of nitrogens with one attached hydrogen (secondary N) is 1. The minimum absolute atomic E-state index is 0.0842. The van der Waals surface area contributed by atoms with E-state index in [-0.39, 0.29) is 11.7 Å². The van der Waals surface area contributed by atoms with Crippen molar-refractivity contribution in [2.45, 2.75) is 46.1 Å². The molecule has 0 fully saturated rings. The van der Waals surface area contributed by atoms with Gasteiger partial charge in [0.1, 0.15) is 5.82 Å². The molecule has 1 unspecified atom stereocenters. The van der Waals surface area contributed by atoms with E-state index < -0.39 is 0 Å². The summed E-state index contributed by atoms with van der Waals surface area (Å²) < 4.78 is 13.9. The molecule has 0 bridgehead atoms. The summed E-state index contributed by atoms with van der Waals surface area (Å²) in [6, 6.07) is 4.62. The molecule has 0 aliphatic heterocycles. The summed E-state index contributed by atoms with van der Waals surface area (Å²) >= 11 is 0. The fraction of sp³-hybridized carbons (Fsp3) is 0.562. The first kappa shape index (κ1) is 17.4. The van der Waals surface area contributed by atoms with Gasteiger partial charge in [-0.15, -0.1) is 0 Å². The number of hydrogen-bond donors (Lipinski definition) is 3. The van der Waals surface area contributed by atoms with E-state index >= 15 is 0 Å². The van der Waals surface area contributed by atoms with Gasteiger partial charge in [-0.05, 0) is 24.9 Å². The van der Waals surface area contributed by atoms with Crippen molar-refractivity contribution < 1.29 is 9.60 Å². The Labute approximate surface area is 126 Å². The zero-order valence-corrected chi connectivity index (χ0v) is 12.9. The van der Waals surface area contributed by atoms with Crippen LogP contribution in [-0.4, -0.2) is 17.6 Å². The molecule has 118 valence electrons. The van der Waals surface area contributed by atoms with Crippen LogP contribution in [0.4, 0.5) is 4.39 Å². The maximum absolute atomic E-state index is 13.9. The van der Waals surface area contributed by atoms with Crippen LogP contribution in [0.2, 0.25) is 0 Å². The van der Waals surface area contributed by atoms with Crippen LogP contribution in [0, 0.1) is 11.7 Å². The summed E-state index contributed by atoms with van der Waals surface area (Å²) in [5.74, 6) is 0.219. The van der Waals surface area contributed by atoms with Gasteiger partial charge in [-0.1, -0.05) is 50.4 Å². The van der Waals surface area contributed by atoms with Crippen LogP contribution >= 0.6 is 0 Å². The molecule has 0 radical (unpaired) electrons. The van der Waals surface area contributed by atoms with Gasteiger partial charge in [-0.3, -0.25) is 0 Å². The normalized spacial score (nSPS) is 13.4. The number of unbranched alkanes of at least 4 members (excludes halogenated alkanes) is 1. The lowest BCUT2D eigenvalue weighted by molar-refractivity contribution is 0.318. The highest BCUT2D eigenvalue weighted by atomic mass is 19.1. The second-order valence-corrected chi connectivity index (χ2v) is 5.34. The van der Waals surface area contributed by atoms with Crippen molar-refractivity contribution in [3.05, 3.63) is 35.1 Å². The monoisotopic (exact) mass is 295 g/mol. The largest absolute Gasteiger partial charge is 0.409 e. The van der Waals surface area contributed by atoms with Gasteiger partial charge in [-0.25, -0.2) is 4.39 Å². The fourth-order valence-electron chi connectivity index (χ4n) is 2.26. The van der Waals surface area contributed by atoms with E-state index in [9.17, 15) is 4.39 Å². The Balaban J connectivity index is 2.52. The van der Waals surface area contributed by atoms with Crippen LogP contribution in [0.25, 0.3) is 0 Å². The van der Waals surface area contributed by atoms with Gasteiger partial charge < -0.3 is 16.3 Å². The highest BCUT2D eigenvalue weighted by Crippen LogP contribution is 2.13. The van der Waals surface area contributed by atoms with Crippen molar-refractivity contribution in [3.63, 3.8) is 0 Å². The molecule has 0 heterocycles. The zero-order valence-electron chi connectivity index (χ0n) is 12.9. The quantitative estimate of drug-likeness (QED) is 0.283. The summed E-state index contributed by atoms with van der Waals surface area (Å²) in [5.41, 5.74) is 6.41. The average Bonchev–Trinajstić information content (AvgIpc) is 2.51. The van der Waals surface area contributed by atoms with Crippen LogP contribution in [-0.2, 0) is 6.54 Å². The zero-order chi connectivity index (χ0) is 15.7. The third-order valence-corrected chi connectivity index (χ3v) is 3.75. The van der Waals surface area contributed by atoms with E-state index in [4.69, 9.17) is 10.9 Å². The second-order valence-electron chi connectivity index (χ2n) is 5.34. The van der Waals surface area contributed by atoms with Crippen LogP contribution in [0.1, 0.15) is 50.7 Å². The molecule has 1 aromatic carbocycles. The Morgan fingerprint density at radius 1 is 1.43 bits per heavy atom. The average molecular weight is 295 g/mol. The molecule has 0 spiro atoms. The van der Waals surface area contributed by atoms with Gasteiger partial charge in [-0.2, -0.15) is 0 Å². The number of nitrogens with zero attached hydrogens (tertiary/aromatic N) is 1. The highest BCUT2D eigenvalue weighted by molar-refractivity contribution is 5.97. The molecule has 1 rings (SSSR count). The Hall–Kier alpha value is -1.62. The van der Waals surface area contributed by atoms with E-state index in [0.29, 0.717) is 23.6 Å². The van der Waals surface area contributed by atoms with Crippen molar-refractivity contribution in [2.75, 3.05) is 6.54 Å². The Bertz CT molecular complexity index is 463. The van der Waals surface area contributed by atoms with Crippen molar-refractivity contribution in [3.8, 4) is 0 Å². The Kier molecular flexibility index (Phi) is 7.75. The minimum Gasteiger partial charge on any atom is -0.409 e. The molecule has 5 heteroatoms. The minimum atomic E-state index is -0.340. The molecule has 0 saturated heterocycles. The molecule has 0 aliphatic rings. The molecule has 1 atom stereocenters. The van der Waals surface area contributed by atoms with E-state index in [0.717, 1.165) is 13.0 Å². The molecule has 4 nitrogen and oxygen atoms in total. The van der Waals surface area contributed by atoms with Crippen LogP contribution in [0.15, 0.2) is 23.4 Å². The summed E-state index contributed by atoms with van der Waals surface area (Å²) in [5, 5.41) is 14.8. The molecule has 0 aromatic heterocycles. The first-order valence-electron chi connectivity index (χ1n) is 7.59. The number of benzene rings is 1. The number of nitrogens with two attached hydrogens (primary N) is 1. The SMILES string of the molecule is CCCCC(CC)CNCc1ccc(/C(N)=N/O)cc1F. The van der Waals surface area contributed by atoms with Crippen molar-refractivity contribution in [1.82, 2.24) is 5.32 Å². The number of rotatable bonds is 9. The molecule has 4 N–H and O–H groups in total. The number of oxime groups is 1. The number of hydrogen-bond acceptors (Lipinski definition) is 3. The first-order chi connectivity index (χ1) is 10.1. The molecule has 0 aliphatic carbocycles. The van der Waals surface area contributed by atoms with Crippen LogP contribution in [0.3, 0.4) is 0 Å². The summed E-state index contributed by atoms with van der Waals surface area (Å²) in [6.07, 6.45) is 4.80. The number of amidine groups is 1. The predicted octanol–water partition coefficient (Wildman–Crippen LogP) is 3.23. The van der Waals surface area contributed by atoms with Gasteiger partial charge in [0.05, 0.1) is 0 Å². The highest BCUT2D eigenvalue weighted by Gasteiger charge is 2.08.